The van der Waals surface area contributed by atoms with E-state index < -0.39 is 0 Å². The van der Waals surface area contributed by atoms with Crippen LogP contribution in [0, 0.1) is 0 Å². The van der Waals surface area contributed by atoms with Crippen molar-refractivity contribution in [3.63, 3.8) is 0 Å². The van der Waals surface area contributed by atoms with Crippen molar-refractivity contribution in [2.24, 2.45) is 0 Å². The van der Waals surface area contributed by atoms with Gasteiger partial charge in [0.25, 0.3) is 0 Å². The molecule has 0 radical (unpaired) electrons. The molecule has 0 aromatic carbocycles. The molecule has 12 heavy (non-hydrogen) atoms. The molecule has 2 nitrogen and oxygen atoms in total. The monoisotopic (exact) mass is 249 g/mol. The summed E-state index contributed by atoms with van der Waals surface area (Å²) in [5, 5.41) is 1.58. The van der Waals surface area contributed by atoms with Crippen LogP contribution in [0.3, 0.4) is 0 Å². The SMILES string of the molecule is COc1cc(CCBr)c(Cl)cn1. The Morgan fingerprint density at radius 3 is 3.00 bits per heavy atom. The lowest BCUT2D eigenvalue weighted by Crippen LogP contribution is -1.92. The fraction of sp³-hybridized carbons (Fsp3) is 0.375. The largest absolute Gasteiger partial charge is 0.481 e. The molecule has 0 saturated carbocycles. The van der Waals surface area contributed by atoms with Gasteiger partial charge in [-0.25, -0.2) is 4.98 Å². The predicted octanol–water partition coefficient (Wildman–Crippen LogP) is 2.68. The molecule has 1 rings (SSSR count). The van der Waals surface area contributed by atoms with Crippen molar-refractivity contribution in [2.45, 2.75) is 6.42 Å². The second-order valence-electron chi connectivity index (χ2n) is 2.26. The number of halogens is 2. The Labute approximate surface area is 85.0 Å². The number of aryl methyl sites for hydroxylation is 1. The molecule has 0 N–H and O–H groups in total. The second-order valence-corrected chi connectivity index (χ2v) is 3.46. The average molecular weight is 251 g/mol. The number of hydrogen-bond donors (Lipinski definition) is 0. The van der Waals surface area contributed by atoms with E-state index in [2.05, 4.69) is 20.9 Å². The molecule has 0 bridgehead atoms. The van der Waals surface area contributed by atoms with Crippen molar-refractivity contribution in [2.75, 3.05) is 12.4 Å². The van der Waals surface area contributed by atoms with Crippen molar-refractivity contribution < 1.29 is 4.74 Å². The lowest BCUT2D eigenvalue weighted by Gasteiger charge is -2.03. The van der Waals surface area contributed by atoms with Crippen LogP contribution in [0.2, 0.25) is 5.02 Å². The van der Waals surface area contributed by atoms with E-state index in [4.69, 9.17) is 16.3 Å². The van der Waals surface area contributed by atoms with E-state index in [1.165, 1.54) is 0 Å². The van der Waals surface area contributed by atoms with Gasteiger partial charge in [0, 0.05) is 17.6 Å². The summed E-state index contributed by atoms with van der Waals surface area (Å²) in [5.74, 6) is 0.607. The maximum atomic E-state index is 5.89. The fourth-order valence-corrected chi connectivity index (χ4v) is 1.49. The number of aromatic nitrogens is 1. The van der Waals surface area contributed by atoms with Crippen LogP contribution >= 0.6 is 27.5 Å². The van der Waals surface area contributed by atoms with E-state index in [9.17, 15) is 0 Å². The van der Waals surface area contributed by atoms with Crippen LogP contribution in [0.25, 0.3) is 0 Å². The second kappa shape index (κ2) is 4.67. The third-order valence-electron chi connectivity index (χ3n) is 1.48. The summed E-state index contributed by atoms with van der Waals surface area (Å²) in [4.78, 5) is 3.97. The first-order valence-electron chi connectivity index (χ1n) is 3.52. The van der Waals surface area contributed by atoms with E-state index in [1.54, 1.807) is 13.3 Å². The lowest BCUT2D eigenvalue weighted by atomic mass is 10.2. The molecule has 0 atom stereocenters. The number of alkyl halides is 1. The van der Waals surface area contributed by atoms with Crippen molar-refractivity contribution in [1.82, 2.24) is 4.98 Å². The van der Waals surface area contributed by atoms with E-state index in [0.717, 1.165) is 17.3 Å². The van der Waals surface area contributed by atoms with Crippen LogP contribution in [0.15, 0.2) is 12.3 Å². The van der Waals surface area contributed by atoms with E-state index in [0.29, 0.717) is 10.9 Å². The van der Waals surface area contributed by atoms with Crippen molar-refractivity contribution >= 4 is 27.5 Å². The molecule has 0 aliphatic heterocycles. The standard InChI is InChI=1S/C8H9BrClNO/c1-12-8-4-6(2-3-9)7(10)5-11-8/h4-5H,2-3H2,1H3. The van der Waals surface area contributed by atoms with Crippen molar-refractivity contribution in [3.8, 4) is 5.88 Å². The molecule has 0 fully saturated rings. The lowest BCUT2D eigenvalue weighted by molar-refractivity contribution is 0.397. The molecule has 4 heteroatoms. The fourth-order valence-electron chi connectivity index (χ4n) is 0.863. The van der Waals surface area contributed by atoms with Gasteiger partial charge in [-0.15, -0.1) is 0 Å². The number of ether oxygens (including phenoxy) is 1. The van der Waals surface area contributed by atoms with Gasteiger partial charge in [-0.05, 0) is 12.0 Å². The first-order chi connectivity index (χ1) is 5.77. The van der Waals surface area contributed by atoms with Crippen LogP contribution in [-0.4, -0.2) is 17.4 Å². The van der Waals surface area contributed by atoms with Gasteiger partial charge in [0.05, 0.1) is 12.1 Å². The van der Waals surface area contributed by atoms with Crippen LogP contribution in [-0.2, 0) is 6.42 Å². The summed E-state index contributed by atoms with van der Waals surface area (Å²) in [7, 11) is 1.59. The first kappa shape index (κ1) is 9.81. The summed E-state index contributed by atoms with van der Waals surface area (Å²) >= 11 is 9.24. The zero-order valence-corrected chi connectivity index (χ0v) is 9.02. The molecule has 0 amide bonds. The number of rotatable bonds is 3. The highest BCUT2D eigenvalue weighted by Crippen LogP contribution is 2.19. The maximum Gasteiger partial charge on any atom is 0.213 e. The Kier molecular flexibility index (Phi) is 3.82. The van der Waals surface area contributed by atoms with Crippen LogP contribution < -0.4 is 4.74 Å². The Morgan fingerprint density at radius 1 is 1.67 bits per heavy atom. The minimum absolute atomic E-state index is 0.607. The molecular formula is C8H9BrClNO. The molecule has 0 aliphatic rings. The van der Waals surface area contributed by atoms with Gasteiger partial charge in [0.1, 0.15) is 0 Å². The molecule has 0 aliphatic carbocycles. The van der Waals surface area contributed by atoms with Crippen LogP contribution in [0.5, 0.6) is 5.88 Å². The number of methoxy groups -OCH3 is 1. The smallest absolute Gasteiger partial charge is 0.213 e. The van der Waals surface area contributed by atoms with Crippen molar-refractivity contribution in [1.29, 1.82) is 0 Å². The van der Waals surface area contributed by atoms with Gasteiger partial charge in [0.2, 0.25) is 5.88 Å². The highest BCUT2D eigenvalue weighted by Gasteiger charge is 2.02. The van der Waals surface area contributed by atoms with Gasteiger partial charge in [0.15, 0.2) is 0 Å². The molecule has 1 aromatic heterocycles. The van der Waals surface area contributed by atoms with Gasteiger partial charge < -0.3 is 4.74 Å². The summed E-state index contributed by atoms with van der Waals surface area (Å²) in [5.41, 5.74) is 1.06. The molecule has 0 saturated heterocycles. The summed E-state index contributed by atoms with van der Waals surface area (Å²) in [6, 6.07) is 1.85. The molecule has 0 unspecified atom stereocenters. The van der Waals surface area contributed by atoms with Gasteiger partial charge in [-0.3, -0.25) is 0 Å². The average Bonchev–Trinajstić information content (AvgIpc) is 2.09. The van der Waals surface area contributed by atoms with Crippen molar-refractivity contribution in [3.05, 3.63) is 22.8 Å². The third-order valence-corrected chi connectivity index (χ3v) is 2.22. The molecule has 66 valence electrons. The quantitative estimate of drug-likeness (QED) is 0.770. The Morgan fingerprint density at radius 2 is 2.42 bits per heavy atom. The zero-order chi connectivity index (χ0) is 8.97. The maximum absolute atomic E-state index is 5.89. The van der Waals surface area contributed by atoms with E-state index in [-0.39, 0.29) is 0 Å². The Balaban J connectivity index is 2.91. The molecule has 1 aromatic rings. The van der Waals surface area contributed by atoms with Gasteiger partial charge >= 0.3 is 0 Å². The van der Waals surface area contributed by atoms with Gasteiger partial charge in [-0.2, -0.15) is 0 Å². The highest BCUT2D eigenvalue weighted by molar-refractivity contribution is 9.09. The van der Waals surface area contributed by atoms with E-state index >= 15 is 0 Å². The summed E-state index contributed by atoms with van der Waals surface area (Å²) < 4.78 is 4.97. The zero-order valence-electron chi connectivity index (χ0n) is 6.68. The highest BCUT2D eigenvalue weighted by atomic mass is 79.9. The number of hydrogen-bond acceptors (Lipinski definition) is 2. The molecular weight excluding hydrogens is 241 g/mol. The van der Waals surface area contributed by atoms with Crippen LogP contribution in [0.1, 0.15) is 5.56 Å². The summed E-state index contributed by atoms with van der Waals surface area (Å²) in [6.45, 7) is 0. The molecule has 1 heterocycles. The van der Waals surface area contributed by atoms with E-state index in [1.807, 2.05) is 6.07 Å². The Bertz CT molecular complexity index is 267. The molecule has 0 spiro atoms. The topological polar surface area (TPSA) is 22.1 Å². The first-order valence-corrected chi connectivity index (χ1v) is 5.02. The minimum atomic E-state index is 0.607. The number of nitrogens with zero attached hydrogens (tertiary/aromatic N) is 1. The Hall–Kier alpha value is -0.280. The van der Waals surface area contributed by atoms with Gasteiger partial charge in [-0.1, -0.05) is 27.5 Å². The minimum Gasteiger partial charge on any atom is -0.481 e. The van der Waals surface area contributed by atoms with Crippen LogP contribution in [0.4, 0.5) is 0 Å². The number of pyridine rings is 1. The predicted molar refractivity (Wildman–Crippen MR) is 53.3 cm³/mol. The summed E-state index contributed by atoms with van der Waals surface area (Å²) in [6.07, 6.45) is 2.50. The third kappa shape index (κ3) is 2.35. The normalized spacial score (nSPS) is 9.92.